The van der Waals surface area contributed by atoms with E-state index < -0.39 is 11.8 Å². The fourth-order valence-electron chi connectivity index (χ4n) is 3.64. The minimum Gasteiger partial charge on any atom is -0.497 e. The Hall–Kier alpha value is -3.41. The van der Waals surface area contributed by atoms with Crippen LogP contribution in [0.1, 0.15) is 40.7 Å². The largest absolute Gasteiger partial charge is 0.497 e. The summed E-state index contributed by atoms with van der Waals surface area (Å²) in [6.07, 6.45) is 2.36. The summed E-state index contributed by atoms with van der Waals surface area (Å²) in [5, 5.41) is 9.83. The molecular weight excluding hydrogens is 397 g/mol. The lowest BCUT2D eigenvalue weighted by Gasteiger charge is -2.15. The van der Waals surface area contributed by atoms with Crippen LogP contribution in [0.5, 0.6) is 11.5 Å². The van der Waals surface area contributed by atoms with Crippen molar-refractivity contribution in [3.8, 4) is 22.6 Å². The Balaban J connectivity index is 2.04. The number of nitrogens with zero attached hydrogens (tertiary/aromatic N) is 1. The van der Waals surface area contributed by atoms with E-state index >= 15 is 0 Å². The van der Waals surface area contributed by atoms with E-state index in [2.05, 4.69) is 0 Å². The van der Waals surface area contributed by atoms with E-state index in [-0.39, 0.29) is 5.56 Å². The number of halogens is 1. The molecule has 0 saturated heterocycles. The van der Waals surface area contributed by atoms with Gasteiger partial charge in [-0.25, -0.2) is 9.18 Å². The maximum atomic E-state index is 14.5. The normalized spacial score (nSPS) is 10.7. The van der Waals surface area contributed by atoms with Crippen molar-refractivity contribution in [3.63, 3.8) is 0 Å². The molecule has 0 bridgehead atoms. The second-order valence-corrected chi connectivity index (χ2v) is 7.19. The molecule has 3 rings (SSSR count). The van der Waals surface area contributed by atoms with Gasteiger partial charge in [-0.05, 0) is 55.2 Å². The van der Waals surface area contributed by atoms with Crippen LogP contribution in [-0.4, -0.2) is 30.3 Å². The Bertz CT molecular complexity index is 1080. The molecule has 3 aromatic rings. The van der Waals surface area contributed by atoms with Crippen molar-refractivity contribution < 1.29 is 23.8 Å². The number of carbonyl (C=O) groups is 1. The Morgan fingerprint density at radius 2 is 1.74 bits per heavy atom. The molecule has 0 amide bonds. The van der Waals surface area contributed by atoms with Crippen molar-refractivity contribution in [2.75, 3.05) is 14.2 Å². The van der Waals surface area contributed by atoms with Crippen molar-refractivity contribution in [2.45, 2.75) is 32.6 Å². The van der Waals surface area contributed by atoms with Gasteiger partial charge >= 0.3 is 5.97 Å². The van der Waals surface area contributed by atoms with Crippen molar-refractivity contribution in [3.05, 3.63) is 76.9 Å². The van der Waals surface area contributed by atoms with E-state index in [9.17, 15) is 14.3 Å². The third kappa shape index (κ3) is 5.02. The maximum absolute atomic E-state index is 14.5. The second-order valence-electron chi connectivity index (χ2n) is 7.19. The minimum absolute atomic E-state index is 0.0833. The smallest absolute Gasteiger partial charge is 0.337 e. The van der Waals surface area contributed by atoms with Crippen LogP contribution in [0, 0.1) is 5.82 Å². The highest BCUT2D eigenvalue weighted by Crippen LogP contribution is 2.30. The Kier molecular flexibility index (Phi) is 7.23. The molecule has 1 N–H and O–H groups in total. The molecule has 0 saturated carbocycles. The number of aromatic nitrogens is 1. The summed E-state index contributed by atoms with van der Waals surface area (Å²) < 4.78 is 25.2. The van der Waals surface area contributed by atoms with Crippen LogP contribution in [0.25, 0.3) is 11.1 Å². The van der Waals surface area contributed by atoms with Gasteiger partial charge < -0.3 is 14.6 Å². The first-order valence-electron chi connectivity index (χ1n) is 10.2. The molecule has 1 heterocycles. The SMILES string of the molecule is CCCc1nc(CCc2cc(OC)ccc2OC)c(C(=O)O)cc1-c1ccccc1F. The molecule has 5 nitrogen and oxygen atoms in total. The van der Waals surface area contributed by atoms with Gasteiger partial charge in [-0.2, -0.15) is 0 Å². The average Bonchev–Trinajstić information content (AvgIpc) is 2.78. The third-order valence-electron chi connectivity index (χ3n) is 5.18. The molecule has 162 valence electrons. The average molecular weight is 423 g/mol. The zero-order valence-corrected chi connectivity index (χ0v) is 17.9. The number of ether oxygens (including phenoxy) is 2. The lowest BCUT2D eigenvalue weighted by molar-refractivity contribution is 0.0695. The van der Waals surface area contributed by atoms with Gasteiger partial charge in [-0.15, -0.1) is 0 Å². The molecule has 31 heavy (non-hydrogen) atoms. The molecule has 0 aliphatic heterocycles. The van der Waals surface area contributed by atoms with Gasteiger partial charge in [-0.3, -0.25) is 4.98 Å². The van der Waals surface area contributed by atoms with E-state index in [0.29, 0.717) is 53.3 Å². The topological polar surface area (TPSA) is 68.7 Å². The lowest BCUT2D eigenvalue weighted by Crippen LogP contribution is -2.10. The van der Waals surface area contributed by atoms with Crippen LogP contribution in [0.4, 0.5) is 4.39 Å². The van der Waals surface area contributed by atoms with Crippen LogP contribution in [0.3, 0.4) is 0 Å². The van der Waals surface area contributed by atoms with Gasteiger partial charge in [0.05, 0.1) is 25.5 Å². The molecular formula is C25H26FNO4. The minimum atomic E-state index is -1.08. The summed E-state index contributed by atoms with van der Waals surface area (Å²) in [4.78, 5) is 16.7. The molecule has 0 aliphatic rings. The number of benzene rings is 2. The number of carboxylic acids is 1. The highest BCUT2D eigenvalue weighted by Gasteiger charge is 2.19. The van der Waals surface area contributed by atoms with E-state index in [1.165, 1.54) is 6.07 Å². The van der Waals surface area contributed by atoms with E-state index in [1.54, 1.807) is 38.5 Å². The number of rotatable bonds is 9. The van der Waals surface area contributed by atoms with Gasteiger partial charge in [-0.1, -0.05) is 31.5 Å². The zero-order chi connectivity index (χ0) is 22.4. The van der Waals surface area contributed by atoms with Crippen molar-refractivity contribution in [1.29, 1.82) is 0 Å². The number of carboxylic acid groups (broad SMARTS) is 1. The first kappa shape index (κ1) is 22.3. The van der Waals surface area contributed by atoms with Gasteiger partial charge in [0, 0.05) is 16.8 Å². The Labute approximate surface area is 181 Å². The van der Waals surface area contributed by atoms with Crippen LogP contribution < -0.4 is 9.47 Å². The number of hydrogen-bond acceptors (Lipinski definition) is 4. The summed E-state index contributed by atoms with van der Waals surface area (Å²) in [7, 11) is 3.18. The van der Waals surface area contributed by atoms with E-state index in [1.807, 2.05) is 25.1 Å². The highest BCUT2D eigenvalue weighted by molar-refractivity contribution is 5.91. The standard InChI is InChI=1S/C25H26FNO4/c1-4-7-22-19(18-8-5-6-9-21(18)26)15-20(25(28)29)23(27-22)12-10-16-14-17(30-2)11-13-24(16)31-3/h5-6,8-9,11,13-15H,4,7,10,12H2,1-3H3,(H,28,29). The summed E-state index contributed by atoms with van der Waals surface area (Å²) in [6.45, 7) is 2.01. The van der Waals surface area contributed by atoms with Gasteiger partial charge in [0.1, 0.15) is 17.3 Å². The predicted molar refractivity (Wildman–Crippen MR) is 118 cm³/mol. The quantitative estimate of drug-likeness (QED) is 0.503. The Morgan fingerprint density at radius 1 is 0.968 bits per heavy atom. The summed E-state index contributed by atoms with van der Waals surface area (Å²) in [5.41, 5.74) is 3.04. The maximum Gasteiger partial charge on any atom is 0.337 e. The highest BCUT2D eigenvalue weighted by atomic mass is 19.1. The van der Waals surface area contributed by atoms with Crippen LogP contribution in [0.15, 0.2) is 48.5 Å². The van der Waals surface area contributed by atoms with Gasteiger partial charge in [0.15, 0.2) is 0 Å². The monoisotopic (exact) mass is 423 g/mol. The number of aryl methyl sites for hydroxylation is 3. The first-order chi connectivity index (χ1) is 15.0. The predicted octanol–water partition coefficient (Wildman–Crippen LogP) is 5.34. The number of methoxy groups -OCH3 is 2. The van der Waals surface area contributed by atoms with Crippen molar-refractivity contribution >= 4 is 5.97 Å². The second kappa shape index (κ2) is 10.1. The summed E-state index contributed by atoms with van der Waals surface area (Å²) >= 11 is 0. The lowest BCUT2D eigenvalue weighted by atomic mass is 9.96. The van der Waals surface area contributed by atoms with Gasteiger partial charge in [0.25, 0.3) is 0 Å². The zero-order valence-electron chi connectivity index (χ0n) is 17.9. The molecule has 0 unspecified atom stereocenters. The molecule has 0 spiro atoms. The molecule has 0 aliphatic carbocycles. The van der Waals surface area contributed by atoms with Crippen molar-refractivity contribution in [2.24, 2.45) is 0 Å². The van der Waals surface area contributed by atoms with Crippen LogP contribution >= 0.6 is 0 Å². The fraction of sp³-hybridized carbons (Fsp3) is 0.280. The van der Waals surface area contributed by atoms with Crippen LogP contribution in [-0.2, 0) is 19.3 Å². The fourth-order valence-corrected chi connectivity index (χ4v) is 3.64. The van der Waals surface area contributed by atoms with Crippen LogP contribution in [0.2, 0.25) is 0 Å². The Morgan fingerprint density at radius 3 is 2.39 bits per heavy atom. The van der Waals surface area contributed by atoms with E-state index in [4.69, 9.17) is 14.5 Å². The molecule has 0 radical (unpaired) electrons. The third-order valence-corrected chi connectivity index (χ3v) is 5.18. The molecule has 0 atom stereocenters. The number of pyridine rings is 1. The molecule has 6 heteroatoms. The van der Waals surface area contributed by atoms with Crippen molar-refractivity contribution in [1.82, 2.24) is 4.98 Å². The molecule has 2 aromatic carbocycles. The summed E-state index contributed by atoms with van der Waals surface area (Å²) in [5.74, 6) is -0.0779. The number of aromatic carboxylic acids is 1. The number of hydrogen-bond donors (Lipinski definition) is 1. The van der Waals surface area contributed by atoms with Gasteiger partial charge in [0.2, 0.25) is 0 Å². The molecule has 0 fully saturated rings. The molecule has 1 aromatic heterocycles. The summed E-state index contributed by atoms with van der Waals surface area (Å²) in [6, 6.07) is 13.4. The first-order valence-corrected chi connectivity index (χ1v) is 10.2. The van der Waals surface area contributed by atoms with E-state index in [0.717, 1.165) is 12.0 Å².